The van der Waals surface area contributed by atoms with E-state index in [9.17, 15) is 13.2 Å². The minimum absolute atomic E-state index is 0.0421. The highest BCUT2D eigenvalue weighted by Gasteiger charge is 2.51. The lowest BCUT2D eigenvalue weighted by atomic mass is 9.99. The van der Waals surface area contributed by atoms with Crippen molar-refractivity contribution in [3.63, 3.8) is 0 Å². The van der Waals surface area contributed by atoms with Crippen molar-refractivity contribution in [1.29, 1.82) is 0 Å². The number of amides is 1. The number of nitrogens with zero attached hydrogens (tertiary/aromatic N) is 2. The van der Waals surface area contributed by atoms with Crippen LogP contribution in [0.15, 0.2) is 21.7 Å². The molecular formula is C15H22N2O4S2. The van der Waals surface area contributed by atoms with Gasteiger partial charge in [0.1, 0.15) is 9.93 Å². The van der Waals surface area contributed by atoms with Gasteiger partial charge in [-0.1, -0.05) is 19.9 Å². The van der Waals surface area contributed by atoms with E-state index in [1.165, 1.54) is 15.6 Å². The Labute approximate surface area is 141 Å². The third-order valence-corrected chi connectivity index (χ3v) is 7.83. The SMILES string of the molecule is CC(C)C(=O)N1CCC2(CC1)OCCN2S(=O)(=O)c1cccs1. The largest absolute Gasteiger partial charge is 0.358 e. The van der Waals surface area contributed by atoms with Crippen LogP contribution in [0.4, 0.5) is 0 Å². The molecule has 1 aromatic rings. The molecule has 3 heterocycles. The molecule has 3 rings (SSSR count). The van der Waals surface area contributed by atoms with Crippen LogP contribution < -0.4 is 0 Å². The normalized spacial score (nSPS) is 22.1. The van der Waals surface area contributed by atoms with Gasteiger partial charge in [-0.15, -0.1) is 11.3 Å². The molecule has 1 aromatic heterocycles. The van der Waals surface area contributed by atoms with Gasteiger partial charge in [0, 0.05) is 38.4 Å². The van der Waals surface area contributed by atoms with Crippen LogP contribution in [-0.4, -0.2) is 55.5 Å². The fourth-order valence-electron chi connectivity index (χ4n) is 3.29. The molecule has 0 radical (unpaired) electrons. The van der Waals surface area contributed by atoms with Gasteiger partial charge in [0.2, 0.25) is 5.91 Å². The molecular weight excluding hydrogens is 336 g/mol. The minimum atomic E-state index is -3.53. The third-order valence-electron chi connectivity index (χ3n) is 4.51. The van der Waals surface area contributed by atoms with Gasteiger partial charge in [-0.2, -0.15) is 4.31 Å². The first-order valence-electron chi connectivity index (χ1n) is 7.86. The van der Waals surface area contributed by atoms with E-state index < -0.39 is 15.7 Å². The molecule has 1 amide bonds. The van der Waals surface area contributed by atoms with Gasteiger partial charge in [0.25, 0.3) is 10.0 Å². The fourth-order valence-corrected chi connectivity index (χ4v) is 6.12. The number of hydrogen-bond donors (Lipinski definition) is 0. The molecule has 2 aliphatic rings. The highest BCUT2D eigenvalue weighted by Crippen LogP contribution is 2.39. The Hall–Kier alpha value is -0.960. The molecule has 2 aliphatic heterocycles. The topological polar surface area (TPSA) is 66.9 Å². The summed E-state index contributed by atoms with van der Waals surface area (Å²) in [6.45, 7) is 5.61. The van der Waals surface area contributed by atoms with E-state index in [0.717, 1.165) is 0 Å². The van der Waals surface area contributed by atoms with Crippen molar-refractivity contribution in [2.24, 2.45) is 5.92 Å². The van der Waals surface area contributed by atoms with Crippen LogP contribution >= 0.6 is 11.3 Å². The van der Waals surface area contributed by atoms with Crippen LogP contribution in [0.1, 0.15) is 26.7 Å². The number of sulfonamides is 1. The van der Waals surface area contributed by atoms with Crippen molar-refractivity contribution in [2.45, 2.75) is 36.6 Å². The molecule has 8 heteroatoms. The predicted molar refractivity (Wildman–Crippen MR) is 87.5 cm³/mol. The number of thiophene rings is 1. The number of carbonyl (C=O) groups excluding carboxylic acids is 1. The van der Waals surface area contributed by atoms with Crippen molar-refractivity contribution < 1.29 is 17.9 Å². The van der Waals surface area contributed by atoms with Crippen molar-refractivity contribution in [2.75, 3.05) is 26.2 Å². The van der Waals surface area contributed by atoms with Gasteiger partial charge in [0.15, 0.2) is 0 Å². The molecule has 2 saturated heterocycles. The number of piperidine rings is 1. The molecule has 0 saturated carbocycles. The average Bonchev–Trinajstić information content (AvgIpc) is 3.18. The van der Waals surface area contributed by atoms with Crippen LogP contribution in [-0.2, 0) is 19.6 Å². The molecule has 128 valence electrons. The van der Waals surface area contributed by atoms with E-state index in [0.29, 0.717) is 43.3 Å². The average molecular weight is 358 g/mol. The van der Waals surface area contributed by atoms with E-state index in [4.69, 9.17) is 4.74 Å². The first kappa shape index (κ1) is 16.9. The van der Waals surface area contributed by atoms with Crippen LogP contribution in [0.25, 0.3) is 0 Å². The summed E-state index contributed by atoms with van der Waals surface area (Å²) in [5.41, 5.74) is -0.795. The second-order valence-electron chi connectivity index (χ2n) is 6.28. The van der Waals surface area contributed by atoms with Crippen LogP contribution in [0.3, 0.4) is 0 Å². The molecule has 23 heavy (non-hydrogen) atoms. The Morgan fingerprint density at radius 1 is 1.30 bits per heavy atom. The van der Waals surface area contributed by atoms with E-state index in [1.807, 2.05) is 18.7 Å². The van der Waals surface area contributed by atoms with Gasteiger partial charge >= 0.3 is 0 Å². The number of likely N-dealkylation sites (tertiary alicyclic amines) is 1. The molecule has 0 atom stereocenters. The minimum Gasteiger partial charge on any atom is -0.358 e. The zero-order chi connectivity index (χ0) is 16.7. The van der Waals surface area contributed by atoms with Crippen molar-refractivity contribution in [3.8, 4) is 0 Å². The highest BCUT2D eigenvalue weighted by atomic mass is 32.2. The summed E-state index contributed by atoms with van der Waals surface area (Å²) in [6, 6.07) is 3.37. The standard InChI is InChI=1S/C15H22N2O4S2/c1-12(2)14(18)16-7-5-15(6-8-16)17(9-10-21-15)23(19,20)13-4-3-11-22-13/h3-4,11-12H,5-10H2,1-2H3. The Morgan fingerprint density at radius 3 is 2.57 bits per heavy atom. The number of rotatable bonds is 3. The first-order valence-corrected chi connectivity index (χ1v) is 10.2. The first-order chi connectivity index (χ1) is 10.9. The summed E-state index contributed by atoms with van der Waals surface area (Å²) in [6.07, 6.45) is 1.05. The van der Waals surface area contributed by atoms with E-state index in [1.54, 1.807) is 17.5 Å². The Morgan fingerprint density at radius 2 is 2.00 bits per heavy atom. The van der Waals surface area contributed by atoms with Gasteiger partial charge in [0.05, 0.1) is 6.61 Å². The molecule has 0 unspecified atom stereocenters. The van der Waals surface area contributed by atoms with Gasteiger partial charge in [-0.05, 0) is 11.4 Å². The summed E-state index contributed by atoms with van der Waals surface area (Å²) in [7, 11) is -3.53. The highest BCUT2D eigenvalue weighted by molar-refractivity contribution is 7.91. The molecule has 6 nitrogen and oxygen atoms in total. The third kappa shape index (κ3) is 2.93. The maximum atomic E-state index is 12.9. The maximum Gasteiger partial charge on any atom is 0.255 e. The Bertz CT molecular complexity index is 662. The van der Waals surface area contributed by atoms with E-state index in [-0.39, 0.29) is 11.8 Å². The number of carbonyl (C=O) groups is 1. The lowest BCUT2D eigenvalue weighted by molar-refractivity contribution is -0.143. The zero-order valence-corrected chi connectivity index (χ0v) is 15.0. The van der Waals surface area contributed by atoms with Crippen molar-refractivity contribution in [1.82, 2.24) is 9.21 Å². The molecule has 0 N–H and O–H groups in total. The Balaban J connectivity index is 1.79. The molecule has 2 fully saturated rings. The lowest BCUT2D eigenvalue weighted by Crippen LogP contribution is -2.56. The lowest BCUT2D eigenvalue weighted by Gasteiger charge is -2.43. The van der Waals surface area contributed by atoms with Gasteiger partial charge < -0.3 is 9.64 Å². The fraction of sp³-hybridized carbons (Fsp3) is 0.667. The maximum absolute atomic E-state index is 12.9. The number of hydrogen-bond acceptors (Lipinski definition) is 5. The van der Waals surface area contributed by atoms with Crippen molar-refractivity contribution in [3.05, 3.63) is 17.5 Å². The molecule has 0 aromatic carbocycles. The zero-order valence-electron chi connectivity index (χ0n) is 13.4. The quantitative estimate of drug-likeness (QED) is 0.825. The van der Waals surface area contributed by atoms with Crippen molar-refractivity contribution >= 4 is 27.3 Å². The monoisotopic (exact) mass is 358 g/mol. The summed E-state index contributed by atoms with van der Waals surface area (Å²) in [5.74, 6) is 0.0741. The summed E-state index contributed by atoms with van der Waals surface area (Å²) < 4.78 is 33.5. The number of ether oxygens (including phenoxy) is 1. The molecule has 0 bridgehead atoms. The summed E-state index contributed by atoms with van der Waals surface area (Å²) in [4.78, 5) is 13.9. The van der Waals surface area contributed by atoms with Gasteiger partial charge in [-0.25, -0.2) is 8.42 Å². The van der Waals surface area contributed by atoms with Crippen LogP contribution in [0.5, 0.6) is 0 Å². The summed E-state index contributed by atoms with van der Waals surface area (Å²) >= 11 is 1.22. The molecule has 1 spiro atoms. The predicted octanol–water partition coefficient (Wildman–Crippen LogP) is 1.74. The second-order valence-corrected chi connectivity index (χ2v) is 9.32. The summed E-state index contributed by atoms with van der Waals surface area (Å²) in [5, 5.41) is 1.76. The van der Waals surface area contributed by atoms with E-state index in [2.05, 4.69) is 0 Å². The van der Waals surface area contributed by atoms with E-state index >= 15 is 0 Å². The van der Waals surface area contributed by atoms with Gasteiger partial charge in [-0.3, -0.25) is 4.79 Å². The van der Waals surface area contributed by atoms with Crippen LogP contribution in [0.2, 0.25) is 0 Å². The smallest absolute Gasteiger partial charge is 0.255 e. The molecule has 0 aliphatic carbocycles. The second kappa shape index (κ2) is 6.16. The van der Waals surface area contributed by atoms with Crippen LogP contribution in [0, 0.1) is 5.92 Å². The Kier molecular flexibility index (Phi) is 4.52.